The summed E-state index contributed by atoms with van der Waals surface area (Å²) >= 11 is 0. The van der Waals surface area contributed by atoms with Crippen molar-refractivity contribution in [1.82, 2.24) is 4.90 Å². The van der Waals surface area contributed by atoms with Gasteiger partial charge in [-0.15, -0.1) is 0 Å². The number of likely N-dealkylation sites (tertiary alicyclic amines) is 1. The highest BCUT2D eigenvalue weighted by Gasteiger charge is 2.20. The minimum Gasteiger partial charge on any atom is -0.290 e. The van der Waals surface area contributed by atoms with E-state index in [1.165, 1.54) is 57.2 Å². The first-order valence-corrected chi connectivity index (χ1v) is 9.59. The van der Waals surface area contributed by atoms with Crippen molar-refractivity contribution in [1.29, 1.82) is 0 Å². The third kappa shape index (κ3) is 6.93. The fourth-order valence-electron chi connectivity index (χ4n) is 3.37. The minimum absolute atomic E-state index is 0.409. The number of piperidine rings is 1. The Hall–Kier alpha value is -1.52. The van der Waals surface area contributed by atoms with Crippen LogP contribution >= 0.6 is 0 Å². The zero-order chi connectivity index (χ0) is 17.2. The standard InChI is InChI=1S/C23H33N/c1-20(2)11-10-12-21(3)19-23(24-17-8-5-9-18-24)16-15-22-13-6-4-7-14-22/h4,6-7,11,13-14,21,23H,5,8-10,12,17-19H2,1-3H3/t21-,23+/m0/s1. The van der Waals surface area contributed by atoms with Crippen LogP contribution in [-0.2, 0) is 0 Å². The van der Waals surface area contributed by atoms with E-state index in [1.54, 1.807) is 0 Å². The molecule has 0 bridgehead atoms. The van der Waals surface area contributed by atoms with Gasteiger partial charge in [0.2, 0.25) is 0 Å². The molecule has 0 saturated carbocycles. The predicted octanol–water partition coefficient (Wildman–Crippen LogP) is 5.67. The molecular weight excluding hydrogens is 290 g/mol. The van der Waals surface area contributed by atoms with Crippen LogP contribution in [0.5, 0.6) is 0 Å². The van der Waals surface area contributed by atoms with Crippen molar-refractivity contribution in [3.8, 4) is 11.8 Å². The molecule has 0 unspecified atom stereocenters. The summed E-state index contributed by atoms with van der Waals surface area (Å²) < 4.78 is 0. The van der Waals surface area contributed by atoms with Gasteiger partial charge in [0, 0.05) is 5.56 Å². The van der Waals surface area contributed by atoms with Gasteiger partial charge in [-0.1, -0.05) is 55.0 Å². The maximum Gasteiger partial charge on any atom is 0.0720 e. The van der Waals surface area contributed by atoms with Crippen molar-refractivity contribution in [2.75, 3.05) is 13.1 Å². The van der Waals surface area contributed by atoms with E-state index >= 15 is 0 Å². The molecule has 0 aliphatic carbocycles. The Morgan fingerprint density at radius 2 is 1.83 bits per heavy atom. The molecule has 130 valence electrons. The van der Waals surface area contributed by atoms with Crippen LogP contribution in [0.3, 0.4) is 0 Å². The lowest BCUT2D eigenvalue weighted by molar-refractivity contribution is 0.175. The minimum atomic E-state index is 0.409. The van der Waals surface area contributed by atoms with E-state index in [-0.39, 0.29) is 0 Å². The summed E-state index contributed by atoms with van der Waals surface area (Å²) in [6, 6.07) is 10.8. The second kappa shape index (κ2) is 10.4. The molecule has 2 rings (SSSR count). The van der Waals surface area contributed by atoms with Crippen LogP contribution in [0.2, 0.25) is 0 Å². The second-order valence-corrected chi connectivity index (χ2v) is 7.45. The molecule has 1 aromatic rings. The van der Waals surface area contributed by atoms with Crippen LogP contribution in [0.25, 0.3) is 0 Å². The molecule has 1 heteroatoms. The molecule has 0 aromatic heterocycles. The van der Waals surface area contributed by atoms with Gasteiger partial charge in [-0.3, -0.25) is 4.90 Å². The number of hydrogen-bond acceptors (Lipinski definition) is 1. The molecule has 1 saturated heterocycles. The lowest BCUT2D eigenvalue weighted by atomic mass is 9.94. The fourth-order valence-corrected chi connectivity index (χ4v) is 3.37. The summed E-state index contributed by atoms with van der Waals surface area (Å²) in [5, 5.41) is 0. The van der Waals surface area contributed by atoms with E-state index in [2.05, 4.69) is 73.9 Å². The van der Waals surface area contributed by atoms with Gasteiger partial charge in [0.15, 0.2) is 0 Å². The summed E-state index contributed by atoms with van der Waals surface area (Å²) in [7, 11) is 0. The Balaban J connectivity index is 2.00. The first-order valence-electron chi connectivity index (χ1n) is 9.59. The molecule has 1 aliphatic heterocycles. The van der Waals surface area contributed by atoms with Crippen LogP contribution < -0.4 is 0 Å². The molecule has 1 aliphatic rings. The van der Waals surface area contributed by atoms with E-state index in [0.717, 1.165) is 11.5 Å². The van der Waals surface area contributed by atoms with Gasteiger partial charge >= 0.3 is 0 Å². The third-order valence-corrected chi connectivity index (χ3v) is 4.83. The van der Waals surface area contributed by atoms with Crippen LogP contribution in [0.15, 0.2) is 42.0 Å². The Morgan fingerprint density at radius 3 is 2.50 bits per heavy atom. The van der Waals surface area contributed by atoms with E-state index in [0.29, 0.717) is 6.04 Å². The molecule has 1 fully saturated rings. The number of allylic oxidation sites excluding steroid dienone is 2. The SMILES string of the molecule is CC(C)=CCC[C@H](C)C[C@@H](C#Cc1ccccc1)N1CCCCC1. The number of rotatable bonds is 6. The van der Waals surface area contributed by atoms with Crippen molar-refractivity contribution in [3.63, 3.8) is 0 Å². The van der Waals surface area contributed by atoms with E-state index in [1.807, 2.05) is 0 Å². The van der Waals surface area contributed by atoms with E-state index in [4.69, 9.17) is 0 Å². The molecule has 1 aromatic carbocycles. The molecule has 0 amide bonds. The summed E-state index contributed by atoms with van der Waals surface area (Å²) in [5.74, 6) is 7.73. The monoisotopic (exact) mass is 323 g/mol. The molecular formula is C23H33N. The van der Waals surface area contributed by atoms with Gasteiger partial charge in [0.25, 0.3) is 0 Å². The topological polar surface area (TPSA) is 3.24 Å². The molecule has 24 heavy (non-hydrogen) atoms. The third-order valence-electron chi connectivity index (χ3n) is 4.83. The van der Waals surface area contributed by atoms with Gasteiger partial charge in [-0.05, 0) is 77.1 Å². The van der Waals surface area contributed by atoms with Gasteiger partial charge < -0.3 is 0 Å². The van der Waals surface area contributed by atoms with Crippen LogP contribution in [0, 0.1) is 17.8 Å². The first kappa shape index (κ1) is 18.8. The highest BCUT2D eigenvalue weighted by Crippen LogP contribution is 2.20. The van der Waals surface area contributed by atoms with Gasteiger partial charge in [0.05, 0.1) is 6.04 Å². The molecule has 0 N–H and O–H groups in total. The maximum atomic E-state index is 3.60. The largest absolute Gasteiger partial charge is 0.290 e. The Morgan fingerprint density at radius 1 is 1.12 bits per heavy atom. The van der Waals surface area contributed by atoms with Crippen molar-refractivity contribution < 1.29 is 0 Å². The number of hydrogen-bond donors (Lipinski definition) is 0. The number of nitrogens with zero attached hydrogens (tertiary/aromatic N) is 1. The summed E-state index contributed by atoms with van der Waals surface area (Å²) in [5.41, 5.74) is 2.57. The molecule has 2 atom stereocenters. The highest BCUT2D eigenvalue weighted by molar-refractivity contribution is 5.34. The van der Waals surface area contributed by atoms with Gasteiger partial charge in [-0.25, -0.2) is 0 Å². The lowest BCUT2D eigenvalue weighted by Gasteiger charge is -2.33. The summed E-state index contributed by atoms with van der Waals surface area (Å²) in [6.07, 6.45) is 10.1. The van der Waals surface area contributed by atoms with Crippen LogP contribution in [-0.4, -0.2) is 24.0 Å². The zero-order valence-electron chi connectivity index (χ0n) is 15.7. The van der Waals surface area contributed by atoms with Crippen molar-refractivity contribution >= 4 is 0 Å². The maximum absolute atomic E-state index is 3.60. The fraction of sp³-hybridized carbons (Fsp3) is 0.565. The van der Waals surface area contributed by atoms with Gasteiger partial charge in [-0.2, -0.15) is 0 Å². The zero-order valence-corrected chi connectivity index (χ0v) is 15.7. The Labute approximate surface area is 149 Å². The van der Waals surface area contributed by atoms with E-state index in [9.17, 15) is 0 Å². The first-order chi connectivity index (χ1) is 11.6. The van der Waals surface area contributed by atoms with E-state index < -0.39 is 0 Å². The quantitative estimate of drug-likeness (QED) is 0.482. The average molecular weight is 324 g/mol. The normalized spacial score (nSPS) is 17.5. The summed E-state index contributed by atoms with van der Waals surface area (Å²) in [6.45, 7) is 9.20. The number of benzene rings is 1. The van der Waals surface area contributed by atoms with Crippen LogP contribution in [0.4, 0.5) is 0 Å². The molecule has 0 radical (unpaired) electrons. The lowest BCUT2D eigenvalue weighted by Crippen LogP contribution is -2.39. The van der Waals surface area contributed by atoms with Crippen molar-refractivity contribution in [2.24, 2.45) is 5.92 Å². The van der Waals surface area contributed by atoms with Crippen molar-refractivity contribution in [2.45, 2.75) is 65.3 Å². The smallest absolute Gasteiger partial charge is 0.0720 e. The van der Waals surface area contributed by atoms with Crippen molar-refractivity contribution in [3.05, 3.63) is 47.5 Å². The molecule has 1 nitrogen and oxygen atoms in total. The second-order valence-electron chi connectivity index (χ2n) is 7.45. The predicted molar refractivity (Wildman–Crippen MR) is 105 cm³/mol. The Kier molecular flexibility index (Phi) is 8.13. The highest BCUT2D eigenvalue weighted by atomic mass is 15.2. The molecule has 1 heterocycles. The van der Waals surface area contributed by atoms with Gasteiger partial charge in [0.1, 0.15) is 0 Å². The van der Waals surface area contributed by atoms with Crippen LogP contribution in [0.1, 0.15) is 64.9 Å². The summed E-state index contributed by atoms with van der Waals surface area (Å²) in [4.78, 5) is 2.62. The molecule has 0 spiro atoms. The average Bonchev–Trinajstić information content (AvgIpc) is 2.60. The Bertz CT molecular complexity index is 551.